The van der Waals surface area contributed by atoms with Crippen LogP contribution in [-0.2, 0) is 0 Å². The van der Waals surface area contributed by atoms with Crippen molar-refractivity contribution in [2.45, 2.75) is 13.3 Å². The second kappa shape index (κ2) is 7.58. The molecular weight excluding hydrogens is 299 g/mol. The van der Waals surface area contributed by atoms with Gasteiger partial charge in [-0.1, -0.05) is 0 Å². The molecule has 5 nitrogen and oxygen atoms in total. The summed E-state index contributed by atoms with van der Waals surface area (Å²) in [6, 6.07) is 8.98. The Balaban J connectivity index is 1.82. The highest BCUT2D eigenvalue weighted by Gasteiger charge is 2.14. The zero-order chi connectivity index (χ0) is 16.8. The number of hydrogen-bond acceptors (Lipinski definition) is 3. The van der Waals surface area contributed by atoms with E-state index in [0.717, 1.165) is 0 Å². The number of halogens is 1. The molecule has 0 atom stereocenters. The Labute approximate surface area is 133 Å². The number of amides is 1. The molecular formula is C17H19FN2O3. The standard InChI is InChI=1S/C17H19FN2O3/c1-12-4-9-15(16(21)19-12)17(22)20(2)10-3-11-23-14-7-5-13(18)6-8-14/h4-9H,3,10-11H2,1-2H3,(H,19,21). The fraction of sp³-hybridized carbons (Fsp3) is 0.294. The smallest absolute Gasteiger partial charge is 0.260 e. The Hall–Kier alpha value is -2.63. The van der Waals surface area contributed by atoms with Gasteiger partial charge in [-0.15, -0.1) is 0 Å². The molecule has 0 aliphatic carbocycles. The molecule has 23 heavy (non-hydrogen) atoms. The maximum Gasteiger partial charge on any atom is 0.260 e. The highest BCUT2D eigenvalue weighted by molar-refractivity contribution is 5.93. The van der Waals surface area contributed by atoms with Crippen LogP contribution in [0.4, 0.5) is 4.39 Å². The average molecular weight is 318 g/mol. The van der Waals surface area contributed by atoms with Gasteiger partial charge in [-0.2, -0.15) is 0 Å². The summed E-state index contributed by atoms with van der Waals surface area (Å²) in [5.74, 6) is -0.0607. The molecule has 1 N–H and O–H groups in total. The third-order valence-electron chi connectivity index (χ3n) is 3.35. The highest BCUT2D eigenvalue weighted by atomic mass is 19.1. The third-order valence-corrected chi connectivity index (χ3v) is 3.35. The molecule has 0 aliphatic rings. The molecule has 1 aromatic carbocycles. The zero-order valence-electron chi connectivity index (χ0n) is 13.1. The van der Waals surface area contributed by atoms with Crippen molar-refractivity contribution < 1.29 is 13.9 Å². The second-order valence-electron chi connectivity index (χ2n) is 5.27. The van der Waals surface area contributed by atoms with E-state index in [1.54, 1.807) is 32.2 Å². The molecule has 0 saturated heterocycles. The minimum absolute atomic E-state index is 0.123. The summed E-state index contributed by atoms with van der Waals surface area (Å²) in [6.45, 7) is 2.60. The Kier molecular flexibility index (Phi) is 5.51. The zero-order valence-corrected chi connectivity index (χ0v) is 13.1. The van der Waals surface area contributed by atoms with Gasteiger partial charge in [0, 0.05) is 19.3 Å². The van der Waals surface area contributed by atoms with Gasteiger partial charge in [0.05, 0.1) is 6.61 Å². The number of aryl methyl sites for hydroxylation is 1. The SMILES string of the molecule is Cc1ccc(C(=O)N(C)CCCOc2ccc(F)cc2)c(=O)[nH]1. The van der Waals surface area contributed by atoms with E-state index in [1.165, 1.54) is 23.1 Å². The lowest BCUT2D eigenvalue weighted by molar-refractivity contribution is 0.0786. The number of benzene rings is 1. The predicted octanol–water partition coefficient (Wildman–Crippen LogP) is 2.36. The van der Waals surface area contributed by atoms with Gasteiger partial charge in [0.15, 0.2) is 0 Å². The summed E-state index contributed by atoms with van der Waals surface area (Å²) in [5, 5.41) is 0. The molecule has 6 heteroatoms. The molecule has 2 aromatic rings. The molecule has 1 amide bonds. The summed E-state index contributed by atoms with van der Waals surface area (Å²) < 4.78 is 18.2. The van der Waals surface area contributed by atoms with Gasteiger partial charge in [0.2, 0.25) is 0 Å². The molecule has 0 bridgehead atoms. The first-order chi connectivity index (χ1) is 11.0. The van der Waals surface area contributed by atoms with Crippen LogP contribution in [0, 0.1) is 12.7 Å². The molecule has 0 saturated carbocycles. The van der Waals surface area contributed by atoms with E-state index in [4.69, 9.17) is 4.74 Å². The number of H-pyrrole nitrogens is 1. The van der Waals surface area contributed by atoms with Gasteiger partial charge in [0.1, 0.15) is 17.1 Å². The number of ether oxygens (including phenoxy) is 1. The fourth-order valence-corrected chi connectivity index (χ4v) is 2.07. The molecule has 2 rings (SSSR count). The van der Waals surface area contributed by atoms with Gasteiger partial charge < -0.3 is 14.6 Å². The average Bonchev–Trinajstić information content (AvgIpc) is 2.52. The van der Waals surface area contributed by atoms with Gasteiger partial charge in [-0.25, -0.2) is 4.39 Å². The van der Waals surface area contributed by atoms with Crippen molar-refractivity contribution >= 4 is 5.91 Å². The number of nitrogens with zero attached hydrogens (tertiary/aromatic N) is 1. The van der Waals surface area contributed by atoms with E-state index < -0.39 is 0 Å². The third kappa shape index (κ3) is 4.67. The molecule has 0 fully saturated rings. The maximum atomic E-state index is 12.8. The highest BCUT2D eigenvalue weighted by Crippen LogP contribution is 2.11. The topological polar surface area (TPSA) is 62.4 Å². The number of aromatic amines is 1. The van der Waals surface area contributed by atoms with Crippen LogP contribution >= 0.6 is 0 Å². The molecule has 1 aromatic heterocycles. The number of carbonyl (C=O) groups is 1. The van der Waals surface area contributed by atoms with Crippen LogP contribution in [0.2, 0.25) is 0 Å². The van der Waals surface area contributed by atoms with Crippen LogP contribution in [0.25, 0.3) is 0 Å². The molecule has 0 radical (unpaired) electrons. The van der Waals surface area contributed by atoms with Crippen LogP contribution < -0.4 is 10.3 Å². The lowest BCUT2D eigenvalue weighted by atomic mass is 10.2. The van der Waals surface area contributed by atoms with Gasteiger partial charge in [-0.3, -0.25) is 9.59 Å². The Morgan fingerprint density at radius 2 is 1.91 bits per heavy atom. The first-order valence-electron chi connectivity index (χ1n) is 7.31. The summed E-state index contributed by atoms with van der Waals surface area (Å²) in [6.07, 6.45) is 0.601. The van der Waals surface area contributed by atoms with Crippen molar-refractivity contribution in [3.63, 3.8) is 0 Å². The lowest BCUT2D eigenvalue weighted by Gasteiger charge is -2.17. The van der Waals surface area contributed by atoms with Crippen molar-refractivity contribution in [2.75, 3.05) is 20.2 Å². The number of carbonyl (C=O) groups excluding carboxylic acids is 1. The molecule has 1 heterocycles. The molecule has 0 aliphatic heterocycles. The lowest BCUT2D eigenvalue weighted by Crippen LogP contribution is -2.33. The van der Waals surface area contributed by atoms with Crippen LogP contribution in [0.1, 0.15) is 22.5 Å². The van der Waals surface area contributed by atoms with Crippen molar-refractivity contribution in [1.29, 1.82) is 0 Å². The van der Waals surface area contributed by atoms with E-state index in [-0.39, 0.29) is 22.8 Å². The number of hydrogen-bond donors (Lipinski definition) is 1. The van der Waals surface area contributed by atoms with Crippen molar-refractivity contribution in [1.82, 2.24) is 9.88 Å². The van der Waals surface area contributed by atoms with E-state index in [1.807, 2.05) is 0 Å². The largest absolute Gasteiger partial charge is 0.494 e. The predicted molar refractivity (Wildman–Crippen MR) is 85.3 cm³/mol. The van der Waals surface area contributed by atoms with Crippen molar-refractivity contribution in [3.05, 3.63) is 63.8 Å². The molecule has 0 spiro atoms. The number of rotatable bonds is 6. The van der Waals surface area contributed by atoms with Crippen LogP contribution in [0.15, 0.2) is 41.2 Å². The fourth-order valence-electron chi connectivity index (χ4n) is 2.07. The molecule has 122 valence electrons. The first-order valence-corrected chi connectivity index (χ1v) is 7.31. The van der Waals surface area contributed by atoms with E-state index in [2.05, 4.69) is 4.98 Å². The normalized spacial score (nSPS) is 10.4. The Bertz CT molecular complexity index is 725. The monoisotopic (exact) mass is 318 g/mol. The van der Waals surface area contributed by atoms with Crippen molar-refractivity contribution in [3.8, 4) is 5.75 Å². The van der Waals surface area contributed by atoms with Gasteiger partial charge in [0.25, 0.3) is 11.5 Å². The first kappa shape index (κ1) is 16.7. The Morgan fingerprint density at radius 3 is 2.57 bits per heavy atom. The molecule has 0 unspecified atom stereocenters. The van der Waals surface area contributed by atoms with E-state index in [9.17, 15) is 14.0 Å². The van der Waals surface area contributed by atoms with Crippen LogP contribution in [0.5, 0.6) is 5.75 Å². The van der Waals surface area contributed by atoms with Crippen LogP contribution in [-0.4, -0.2) is 36.0 Å². The van der Waals surface area contributed by atoms with Crippen molar-refractivity contribution in [2.24, 2.45) is 0 Å². The quantitative estimate of drug-likeness (QED) is 0.832. The summed E-state index contributed by atoms with van der Waals surface area (Å²) in [7, 11) is 1.64. The van der Waals surface area contributed by atoms with Crippen LogP contribution in [0.3, 0.4) is 0 Å². The summed E-state index contributed by atoms with van der Waals surface area (Å²) in [4.78, 5) is 28.1. The maximum absolute atomic E-state index is 12.8. The van der Waals surface area contributed by atoms with E-state index >= 15 is 0 Å². The number of nitrogens with one attached hydrogen (secondary N) is 1. The van der Waals surface area contributed by atoms with E-state index in [0.29, 0.717) is 31.0 Å². The second-order valence-corrected chi connectivity index (χ2v) is 5.27. The van der Waals surface area contributed by atoms with Gasteiger partial charge in [-0.05, 0) is 49.7 Å². The number of pyridine rings is 1. The minimum Gasteiger partial charge on any atom is -0.494 e. The summed E-state index contributed by atoms with van der Waals surface area (Å²) in [5.41, 5.74) is 0.448. The Morgan fingerprint density at radius 1 is 1.22 bits per heavy atom. The summed E-state index contributed by atoms with van der Waals surface area (Å²) >= 11 is 0. The number of aromatic nitrogens is 1. The minimum atomic E-state index is -0.385. The van der Waals surface area contributed by atoms with Gasteiger partial charge >= 0.3 is 0 Å².